The minimum atomic E-state index is -1.21. The third-order valence-electron chi connectivity index (χ3n) is 3.94. The molecule has 1 N–H and O–H groups in total. The van der Waals surface area contributed by atoms with E-state index in [1.54, 1.807) is 25.1 Å². The molecule has 0 saturated heterocycles. The zero-order valence-corrected chi connectivity index (χ0v) is 10.6. The second-order valence-corrected chi connectivity index (χ2v) is 5.09. The van der Waals surface area contributed by atoms with Crippen molar-refractivity contribution in [2.45, 2.75) is 25.4 Å². The Hall–Kier alpha value is -1.74. The summed E-state index contributed by atoms with van der Waals surface area (Å²) in [5, 5.41) is 10.9. The van der Waals surface area contributed by atoms with Crippen LogP contribution in [0.1, 0.15) is 28.7 Å². The number of aliphatic hydroxyl groups is 1. The quantitative estimate of drug-likeness (QED) is 0.832. The molecule has 3 rings (SSSR count). The second-order valence-electron chi connectivity index (χ2n) is 5.09. The van der Waals surface area contributed by atoms with Gasteiger partial charge in [0.25, 0.3) is 0 Å². The smallest absolute Gasteiger partial charge is 0.126 e. The van der Waals surface area contributed by atoms with Gasteiger partial charge in [-0.1, -0.05) is 18.2 Å². The van der Waals surface area contributed by atoms with E-state index in [9.17, 15) is 13.9 Å². The summed E-state index contributed by atoms with van der Waals surface area (Å²) < 4.78 is 26.9. The van der Waals surface area contributed by atoms with Gasteiger partial charge in [-0.15, -0.1) is 0 Å². The third-order valence-corrected chi connectivity index (χ3v) is 3.94. The van der Waals surface area contributed by atoms with Gasteiger partial charge < -0.3 is 5.11 Å². The zero-order valence-electron chi connectivity index (χ0n) is 10.6. The Bertz CT molecular complexity index is 651. The molecule has 2 aromatic rings. The lowest BCUT2D eigenvalue weighted by Crippen LogP contribution is -2.25. The van der Waals surface area contributed by atoms with Crippen molar-refractivity contribution in [1.29, 1.82) is 0 Å². The molecule has 0 heterocycles. The van der Waals surface area contributed by atoms with Crippen LogP contribution in [-0.2, 0) is 12.0 Å². The Morgan fingerprint density at radius 2 is 1.89 bits per heavy atom. The van der Waals surface area contributed by atoms with E-state index in [1.165, 1.54) is 18.2 Å². The molecule has 0 aromatic heterocycles. The minimum absolute atomic E-state index is 0.284. The number of halogens is 2. The molecule has 0 fully saturated rings. The maximum atomic E-state index is 13.7. The molecule has 0 spiro atoms. The number of fused-ring (bicyclic) bond motifs is 1. The highest BCUT2D eigenvalue weighted by Crippen LogP contribution is 2.43. The van der Waals surface area contributed by atoms with E-state index in [0.717, 1.165) is 0 Å². The van der Waals surface area contributed by atoms with Crippen LogP contribution < -0.4 is 0 Å². The molecule has 0 radical (unpaired) electrons. The van der Waals surface area contributed by atoms with Crippen LogP contribution in [0.5, 0.6) is 0 Å². The highest BCUT2D eigenvalue weighted by atomic mass is 19.1. The summed E-state index contributed by atoms with van der Waals surface area (Å²) in [6.07, 6.45) is 0.922. The zero-order chi connectivity index (χ0) is 13.6. The fraction of sp³-hybridized carbons (Fsp3) is 0.250. The molecule has 2 aromatic carbocycles. The number of hydrogen-bond acceptors (Lipinski definition) is 1. The summed E-state index contributed by atoms with van der Waals surface area (Å²) in [7, 11) is 0. The van der Waals surface area contributed by atoms with Crippen molar-refractivity contribution in [2.24, 2.45) is 0 Å². The van der Waals surface area contributed by atoms with Crippen molar-refractivity contribution in [3.63, 3.8) is 0 Å². The van der Waals surface area contributed by atoms with Crippen molar-refractivity contribution >= 4 is 0 Å². The van der Waals surface area contributed by atoms with Crippen molar-refractivity contribution < 1.29 is 13.9 Å². The first-order chi connectivity index (χ1) is 9.02. The number of hydrogen-bond donors (Lipinski definition) is 1. The molecule has 1 atom stereocenters. The summed E-state index contributed by atoms with van der Waals surface area (Å²) in [5.74, 6) is -0.615. The van der Waals surface area contributed by atoms with Crippen LogP contribution >= 0.6 is 0 Å². The topological polar surface area (TPSA) is 20.2 Å². The van der Waals surface area contributed by atoms with E-state index in [-0.39, 0.29) is 11.6 Å². The molecule has 19 heavy (non-hydrogen) atoms. The highest BCUT2D eigenvalue weighted by Gasteiger charge is 2.40. The van der Waals surface area contributed by atoms with Crippen LogP contribution in [0.4, 0.5) is 8.78 Å². The van der Waals surface area contributed by atoms with Crippen molar-refractivity contribution in [3.05, 3.63) is 70.3 Å². The van der Waals surface area contributed by atoms with Gasteiger partial charge in [-0.3, -0.25) is 0 Å². The molecule has 0 bridgehead atoms. The molecule has 98 valence electrons. The average Bonchev–Trinajstić information content (AvgIpc) is 2.69. The third kappa shape index (κ3) is 1.77. The molecular formula is C16H14F2O. The maximum Gasteiger partial charge on any atom is 0.126 e. The number of benzene rings is 2. The van der Waals surface area contributed by atoms with Gasteiger partial charge in [0.1, 0.15) is 17.2 Å². The van der Waals surface area contributed by atoms with Crippen LogP contribution in [0.3, 0.4) is 0 Å². The van der Waals surface area contributed by atoms with E-state index >= 15 is 0 Å². The summed E-state index contributed by atoms with van der Waals surface area (Å²) in [6, 6.07) is 9.06. The van der Waals surface area contributed by atoms with E-state index < -0.39 is 5.60 Å². The lowest BCUT2D eigenvalue weighted by Gasteiger charge is -2.26. The maximum absolute atomic E-state index is 13.7. The van der Waals surface area contributed by atoms with Crippen molar-refractivity contribution in [1.82, 2.24) is 0 Å². The van der Waals surface area contributed by atoms with Gasteiger partial charge in [0, 0.05) is 0 Å². The average molecular weight is 260 g/mol. The van der Waals surface area contributed by atoms with Crippen molar-refractivity contribution in [2.75, 3.05) is 0 Å². The van der Waals surface area contributed by atoms with Gasteiger partial charge in [-0.25, -0.2) is 8.78 Å². The van der Waals surface area contributed by atoms with Crippen LogP contribution in [-0.4, -0.2) is 5.11 Å². The second kappa shape index (κ2) is 4.14. The number of rotatable bonds is 1. The molecule has 1 aliphatic rings. The van der Waals surface area contributed by atoms with Crippen LogP contribution in [0.25, 0.3) is 0 Å². The SMILES string of the molecule is Cc1cc(F)ccc1C1(O)CCc2c(F)cccc21. The predicted molar refractivity (Wildman–Crippen MR) is 68.9 cm³/mol. The van der Waals surface area contributed by atoms with Crippen LogP contribution in [0.2, 0.25) is 0 Å². The Kier molecular flexibility index (Phi) is 2.68. The molecular weight excluding hydrogens is 246 g/mol. The first-order valence-corrected chi connectivity index (χ1v) is 6.29. The number of aryl methyl sites for hydroxylation is 1. The summed E-state index contributed by atoms with van der Waals surface area (Å²) in [6.45, 7) is 1.76. The van der Waals surface area contributed by atoms with Crippen LogP contribution in [0.15, 0.2) is 36.4 Å². The van der Waals surface area contributed by atoms with Crippen molar-refractivity contribution in [3.8, 4) is 0 Å². The monoisotopic (exact) mass is 260 g/mol. The predicted octanol–water partition coefficient (Wildman–Crippen LogP) is 3.46. The van der Waals surface area contributed by atoms with E-state index in [0.29, 0.717) is 35.1 Å². The summed E-state index contributed by atoms with van der Waals surface area (Å²) in [4.78, 5) is 0. The van der Waals surface area contributed by atoms with Gasteiger partial charge >= 0.3 is 0 Å². The molecule has 1 aliphatic carbocycles. The Morgan fingerprint density at radius 1 is 1.11 bits per heavy atom. The Morgan fingerprint density at radius 3 is 2.63 bits per heavy atom. The minimum Gasteiger partial charge on any atom is -0.380 e. The molecule has 0 amide bonds. The fourth-order valence-electron chi connectivity index (χ4n) is 3.01. The van der Waals surface area contributed by atoms with Gasteiger partial charge in [0.2, 0.25) is 0 Å². The first-order valence-electron chi connectivity index (χ1n) is 6.29. The molecule has 1 unspecified atom stereocenters. The molecule has 0 saturated carbocycles. The normalized spacial score (nSPS) is 21.5. The van der Waals surface area contributed by atoms with Gasteiger partial charge in [0.15, 0.2) is 0 Å². The lowest BCUT2D eigenvalue weighted by molar-refractivity contribution is 0.0822. The van der Waals surface area contributed by atoms with Gasteiger partial charge in [-0.05, 0) is 60.2 Å². The first kappa shape index (κ1) is 12.3. The Labute approximate surface area is 110 Å². The van der Waals surface area contributed by atoms with E-state index in [2.05, 4.69) is 0 Å². The van der Waals surface area contributed by atoms with Gasteiger partial charge in [0.05, 0.1) is 0 Å². The highest BCUT2D eigenvalue weighted by molar-refractivity contribution is 5.48. The molecule has 0 aliphatic heterocycles. The largest absolute Gasteiger partial charge is 0.380 e. The standard InChI is InChI=1S/C16H14F2O/c1-10-9-11(17)5-6-13(10)16(19)8-7-12-14(16)3-2-4-15(12)18/h2-6,9,19H,7-8H2,1H3. The lowest BCUT2D eigenvalue weighted by atomic mass is 9.85. The van der Waals surface area contributed by atoms with Gasteiger partial charge in [-0.2, -0.15) is 0 Å². The van der Waals surface area contributed by atoms with E-state index in [4.69, 9.17) is 0 Å². The summed E-state index contributed by atoms with van der Waals surface area (Å²) >= 11 is 0. The molecule has 1 nitrogen and oxygen atoms in total. The Balaban J connectivity index is 2.19. The molecule has 3 heteroatoms. The summed E-state index contributed by atoms with van der Waals surface area (Å²) in [5.41, 5.74) is 1.28. The fourth-order valence-corrected chi connectivity index (χ4v) is 3.01. The van der Waals surface area contributed by atoms with E-state index in [1.807, 2.05) is 0 Å². The van der Waals surface area contributed by atoms with Crippen LogP contribution in [0, 0.1) is 18.6 Å².